The Morgan fingerprint density at radius 1 is 1.19 bits per heavy atom. The first-order valence-electron chi connectivity index (χ1n) is 5.85. The normalized spacial score (nSPS) is 14.1. The SMILES string of the molecule is CCn1c2c(c3ccccc31)CC=CC=C2. The standard InChI is InChI=1S/C15H15N/c1-2-16-14-10-5-3-4-8-12(14)13-9-6-7-11-15(13)16/h3-7,9-11H,2,8H2,1H3. The fourth-order valence-corrected chi connectivity index (χ4v) is 2.55. The maximum absolute atomic E-state index is 2.40. The summed E-state index contributed by atoms with van der Waals surface area (Å²) in [4.78, 5) is 0. The Morgan fingerprint density at radius 2 is 2.06 bits per heavy atom. The monoisotopic (exact) mass is 209 g/mol. The van der Waals surface area contributed by atoms with E-state index in [0.717, 1.165) is 13.0 Å². The summed E-state index contributed by atoms with van der Waals surface area (Å²) < 4.78 is 2.40. The van der Waals surface area contributed by atoms with Crippen LogP contribution in [0.5, 0.6) is 0 Å². The van der Waals surface area contributed by atoms with Crippen LogP contribution in [0.15, 0.2) is 42.5 Å². The molecule has 0 bridgehead atoms. The van der Waals surface area contributed by atoms with Gasteiger partial charge >= 0.3 is 0 Å². The van der Waals surface area contributed by atoms with E-state index in [1.807, 2.05) is 0 Å². The molecule has 1 aromatic heterocycles. The van der Waals surface area contributed by atoms with Gasteiger partial charge in [0.15, 0.2) is 0 Å². The molecular weight excluding hydrogens is 194 g/mol. The van der Waals surface area contributed by atoms with Gasteiger partial charge in [0.2, 0.25) is 0 Å². The molecule has 0 amide bonds. The zero-order chi connectivity index (χ0) is 11.0. The number of hydrogen-bond acceptors (Lipinski definition) is 0. The summed E-state index contributed by atoms with van der Waals surface area (Å²) in [6, 6.07) is 8.69. The van der Waals surface area contributed by atoms with E-state index in [4.69, 9.17) is 0 Å². The van der Waals surface area contributed by atoms with E-state index >= 15 is 0 Å². The molecule has 0 radical (unpaired) electrons. The average Bonchev–Trinajstić information content (AvgIpc) is 2.49. The van der Waals surface area contributed by atoms with Crippen molar-refractivity contribution >= 4 is 17.0 Å². The predicted octanol–water partition coefficient (Wildman–Crippen LogP) is 3.79. The topological polar surface area (TPSA) is 4.93 Å². The Hall–Kier alpha value is -1.76. The number of fused-ring (bicyclic) bond motifs is 3. The second kappa shape index (κ2) is 3.67. The van der Waals surface area contributed by atoms with Crippen molar-refractivity contribution < 1.29 is 0 Å². The minimum Gasteiger partial charge on any atom is -0.341 e. The van der Waals surface area contributed by atoms with Crippen molar-refractivity contribution in [2.75, 3.05) is 0 Å². The number of para-hydroxylation sites is 1. The molecule has 1 aromatic carbocycles. The summed E-state index contributed by atoms with van der Waals surface area (Å²) in [7, 11) is 0. The van der Waals surface area contributed by atoms with Crippen molar-refractivity contribution in [3.05, 3.63) is 53.8 Å². The fourth-order valence-electron chi connectivity index (χ4n) is 2.55. The smallest absolute Gasteiger partial charge is 0.0487 e. The van der Waals surface area contributed by atoms with Gasteiger partial charge in [0, 0.05) is 23.1 Å². The summed E-state index contributed by atoms with van der Waals surface area (Å²) >= 11 is 0. The Kier molecular flexibility index (Phi) is 2.17. The average molecular weight is 209 g/mol. The first kappa shape index (κ1) is 9.46. The van der Waals surface area contributed by atoms with Gasteiger partial charge in [0.05, 0.1) is 0 Å². The fraction of sp³-hybridized carbons (Fsp3) is 0.200. The van der Waals surface area contributed by atoms with Crippen molar-refractivity contribution in [2.45, 2.75) is 19.9 Å². The van der Waals surface area contributed by atoms with Gasteiger partial charge in [-0.05, 0) is 31.1 Å². The van der Waals surface area contributed by atoms with Crippen molar-refractivity contribution in [3.8, 4) is 0 Å². The van der Waals surface area contributed by atoms with Gasteiger partial charge in [-0.3, -0.25) is 0 Å². The molecule has 0 spiro atoms. The van der Waals surface area contributed by atoms with Crippen LogP contribution in [0.25, 0.3) is 17.0 Å². The lowest BCUT2D eigenvalue weighted by molar-refractivity contribution is 0.786. The Labute approximate surface area is 95.7 Å². The lowest BCUT2D eigenvalue weighted by Gasteiger charge is -2.04. The predicted molar refractivity (Wildman–Crippen MR) is 69.5 cm³/mol. The Morgan fingerprint density at radius 3 is 2.94 bits per heavy atom. The molecule has 0 fully saturated rings. The van der Waals surface area contributed by atoms with Crippen LogP contribution in [0.3, 0.4) is 0 Å². The molecule has 2 aromatic rings. The molecule has 0 atom stereocenters. The number of hydrogen-bond donors (Lipinski definition) is 0. The van der Waals surface area contributed by atoms with Crippen molar-refractivity contribution in [1.82, 2.24) is 4.57 Å². The number of rotatable bonds is 1. The van der Waals surface area contributed by atoms with Crippen LogP contribution in [-0.2, 0) is 13.0 Å². The first-order valence-corrected chi connectivity index (χ1v) is 5.85. The summed E-state index contributed by atoms with van der Waals surface area (Å²) in [6.45, 7) is 3.24. The second-order valence-electron chi connectivity index (χ2n) is 4.12. The quantitative estimate of drug-likeness (QED) is 0.673. The molecule has 1 nitrogen and oxygen atoms in total. The lowest BCUT2D eigenvalue weighted by Crippen LogP contribution is -1.96. The van der Waals surface area contributed by atoms with Crippen LogP contribution in [-0.4, -0.2) is 4.57 Å². The summed E-state index contributed by atoms with van der Waals surface area (Å²) in [6.07, 6.45) is 9.76. The number of nitrogens with zero attached hydrogens (tertiary/aromatic N) is 1. The van der Waals surface area contributed by atoms with Gasteiger partial charge in [-0.25, -0.2) is 0 Å². The van der Waals surface area contributed by atoms with E-state index < -0.39 is 0 Å². The molecule has 80 valence electrons. The van der Waals surface area contributed by atoms with Crippen LogP contribution >= 0.6 is 0 Å². The molecule has 0 unspecified atom stereocenters. The van der Waals surface area contributed by atoms with E-state index in [-0.39, 0.29) is 0 Å². The molecule has 0 saturated heterocycles. The molecule has 3 rings (SSSR count). The number of aryl methyl sites for hydroxylation is 1. The van der Waals surface area contributed by atoms with E-state index in [1.165, 1.54) is 22.2 Å². The highest BCUT2D eigenvalue weighted by Gasteiger charge is 2.13. The maximum atomic E-state index is 2.40. The van der Waals surface area contributed by atoms with Gasteiger partial charge < -0.3 is 4.57 Å². The van der Waals surface area contributed by atoms with Gasteiger partial charge in [-0.15, -0.1) is 0 Å². The van der Waals surface area contributed by atoms with Crippen molar-refractivity contribution in [1.29, 1.82) is 0 Å². The van der Waals surface area contributed by atoms with Crippen LogP contribution in [0.2, 0.25) is 0 Å². The second-order valence-corrected chi connectivity index (χ2v) is 4.12. The number of allylic oxidation sites excluding steroid dienone is 3. The first-order chi connectivity index (χ1) is 7.92. The van der Waals surface area contributed by atoms with Gasteiger partial charge in [-0.1, -0.05) is 36.4 Å². The maximum Gasteiger partial charge on any atom is 0.0487 e. The highest BCUT2D eigenvalue weighted by atomic mass is 15.0. The van der Waals surface area contributed by atoms with E-state index in [1.54, 1.807) is 0 Å². The van der Waals surface area contributed by atoms with E-state index in [9.17, 15) is 0 Å². The number of aromatic nitrogens is 1. The largest absolute Gasteiger partial charge is 0.341 e. The van der Waals surface area contributed by atoms with Gasteiger partial charge in [-0.2, -0.15) is 0 Å². The van der Waals surface area contributed by atoms with E-state index in [2.05, 4.69) is 60.1 Å². The minimum atomic E-state index is 1.03. The van der Waals surface area contributed by atoms with Gasteiger partial charge in [0.25, 0.3) is 0 Å². The van der Waals surface area contributed by atoms with Crippen LogP contribution in [0.4, 0.5) is 0 Å². The van der Waals surface area contributed by atoms with Crippen molar-refractivity contribution in [2.24, 2.45) is 0 Å². The Balaban J connectivity index is 2.41. The van der Waals surface area contributed by atoms with Crippen molar-refractivity contribution in [3.63, 3.8) is 0 Å². The molecule has 0 saturated carbocycles. The lowest BCUT2D eigenvalue weighted by atomic mass is 10.1. The molecular formula is C15H15N. The molecule has 1 aliphatic carbocycles. The highest BCUT2D eigenvalue weighted by Crippen LogP contribution is 2.29. The third-order valence-electron chi connectivity index (χ3n) is 3.26. The third-order valence-corrected chi connectivity index (χ3v) is 3.26. The third kappa shape index (κ3) is 1.25. The van der Waals surface area contributed by atoms with E-state index in [0.29, 0.717) is 0 Å². The molecule has 1 heteroatoms. The zero-order valence-corrected chi connectivity index (χ0v) is 9.48. The van der Waals surface area contributed by atoms with Gasteiger partial charge in [0.1, 0.15) is 0 Å². The Bertz CT molecular complexity index is 585. The molecule has 0 N–H and O–H groups in total. The minimum absolute atomic E-state index is 1.03. The van der Waals surface area contributed by atoms with Crippen LogP contribution in [0.1, 0.15) is 18.2 Å². The molecule has 0 aliphatic heterocycles. The molecule has 1 aliphatic rings. The summed E-state index contributed by atoms with van der Waals surface area (Å²) in [5, 5.41) is 1.40. The van der Waals surface area contributed by atoms with Crippen LogP contribution < -0.4 is 0 Å². The van der Waals surface area contributed by atoms with Crippen LogP contribution in [0, 0.1) is 0 Å². The molecule has 1 heterocycles. The summed E-state index contributed by atoms with van der Waals surface area (Å²) in [5.74, 6) is 0. The highest BCUT2D eigenvalue weighted by molar-refractivity contribution is 5.88. The molecule has 16 heavy (non-hydrogen) atoms. The summed E-state index contributed by atoms with van der Waals surface area (Å²) in [5.41, 5.74) is 4.19. The zero-order valence-electron chi connectivity index (χ0n) is 9.48. The number of benzene rings is 1.